The maximum atomic E-state index is 12.1. The Hall–Kier alpha value is -2.08. The largest absolute Gasteiger partial charge is 0.454 e. The fraction of sp³-hybridized carbons (Fsp3) is 0.267. The molecule has 11 heteroatoms. The van der Waals surface area contributed by atoms with Crippen molar-refractivity contribution in [3.8, 4) is 0 Å². The number of sulfonamides is 1. The van der Waals surface area contributed by atoms with Crippen molar-refractivity contribution in [2.75, 3.05) is 13.2 Å². The zero-order valence-electron chi connectivity index (χ0n) is 13.7. The van der Waals surface area contributed by atoms with Crippen molar-refractivity contribution >= 4 is 50.4 Å². The van der Waals surface area contributed by atoms with Crippen LogP contribution in [-0.2, 0) is 26.0 Å². The Morgan fingerprint density at radius 3 is 2.62 bits per heavy atom. The van der Waals surface area contributed by atoms with Crippen LogP contribution in [-0.4, -0.2) is 39.2 Å². The maximum Gasteiger partial charge on any atom is 0.339 e. The van der Waals surface area contributed by atoms with Crippen LogP contribution in [0.2, 0.25) is 0 Å². The fourth-order valence-corrected chi connectivity index (χ4v) is 4.39. The van der Waals surface area contributed by atoms with E-state index in [1.807, 2.05) is 0 Å². The van der Waals surface area contributed by atoms with Crippen LogP contribution in [0.4, 0.5) is 0 Å². The van der Waals surface area contributed by atoms with E-state index in [4.69, 9.17) is 9.88 Å². The first kappa shape index (κ1) is 20.2. The third-order valence-electron chi connectivity index (χ3n) is 3.11. The smallest absolute Gasteiger partial charge is 0.339 e. The first-order valence-electron chi connectivity index (χ1n) is 7.31. The standard InChI is InChI=1S/C15H16N2O6S3/c1-9(18)17-5-4-11-2-3-13(25-11)12(19)7-23-15(20)10-6-14(24-8-10)26(16,21)22/h2-3,6,8H,4-5,7H2,1H3,(H,17,18)(H2,16,21,22). The summed E-state index contributed by atoms with van der Waals surface area (Å²) in [4.78, 5) is 36.2. The molecule has 2 aromatic heterocycles. The predicted molar refractivity (Wildman–Crippen MR) is 97.0 cm³/mol. The number of rotatable bonds is 8. The van der Waals surface area contributed by atoms with Crippen molar-refractivity contribution in [3.05, 3.63) is 38.9 Å². The highest BCUT2D eigenvalue weighted by atomic mass is 32.2. The summed E-state index contributed by atoms with van der Waals surface area (Å²) in [5.41, 5.74) is 0.0222. The highest BCUT2D eigenvalue weighted by Crippen LogP contribution is 2.20. The number of nitrogens with two attached hydrogens (primary N) is 1. The summed E-state index contributed by atoms with van der Waals surface area (Å²) >= 11 is 2.06. The monoisotopic (exact) mass is 416 g/mol. The third-order valence-corrected chi connectivity index (χ3v) is 6.68. The lowest BCUT2D eigenvalue weighted by atomic mass is 10.3. The molecule has 0 atom stereocenters. The van der Waals surface area contributed by atoms with Crippen LogP contribution in [0, 0.1) is 0 Å². The van der Waals surface area contributed by atoms with Gasteiger partial charge in [0.25, 0.3) is 0 Å². The van der Waals surface area contributed by atoms with Gasteiger partial charge in [-0.05, 0) is 24.6 Å². The molecule has 0 fully saturated rings. The van der Waals surface area contributed by atoms with Crippen molar-refractivity contribution in [2.45, 2.75) is 17.6 Å². The van der Waals surface area contributed by atoms with E-state index in [-0.39, 0.29) is 21.5 Å². The molecular weight excluding hydrogens is 400 g/mol. The number of amides is 1. The summed E-state index contributed by atoms with van der Waals surface area (Å²) < 4.78 is 27.2. The van der Waals surface area contributed by atoms with Gasteiger partial charge in [-0.2, -0.15) is 0 Å². The van der Waals surface area contributed by atoms with Crippen molar-refractivity contribution in [2.24, 2.45) is 5.14 Å². The van der Waals surface area contributed by atoms with Gasteiger partial charge in [-0.3, -0.25) is 9.59 Å². The second-order valence-electron chi connectivity index (χ2n) is 5.20. The second kappa shape index (κ2) is 8.54. The maximum absolute atomic E-state index is 12.1. The van der Waals surface area contributed by atoms with Crippen molar-refractivity contribution in [1.82, 2.24) is 5.32 Å². The van der Waals surface area contributed by atoms with Gasteiger partial charge in [-0.25, -0.2) is 18.4 Å². The van der Waals surface area contributed by atoms with Crippen LogP contribution in [0.3, 0.4) is 0 Å². The fourth-order valence-electron chi connectivity index (χ4n) is 1.88. The van der Waals surface area contributed by atoms with Crippen LogP contribution in [0.25, 0.3) is 0 Å². The lowest BCUT2D eigenvalue weighted by Gasteiger charge is -2.01. The zero-order chi connectivity index (χ0) is 19.3. The van der Waals surface area contributed by atoms with E-state index >= 15 is 0 Å². The average molecular weight is 417 g/mol. The van der Waals surface area contributed by atoms with E-state index < -0.39 is 22.6 Å². The molecule has 1 amide bonds. The summed E-state index contributed by atoms with van der Waals surface area (Å²) in [6.45, 7) is 1.45. The Kier molecular flexibility index (Phi) is 6.64. The van der Waals surface area contributed by atoms with Crippen LogP contribution in [0.1, 0.15) is 31.8 Å². The Morgan fingerprint density at radius 2 is 2.00 bits per heavy atom. The summed E-state index contributed by atoms with van der Waals surface area (Å²) in [5, 5.41) is 8.95. The molecule has 0 saturated carbocycles. The van der Waals surface area contributed by atoms with Gasteiger partial charge in [0, 0.05) is 23.7 Å². The molecule has 26 heavy (non-hydrogen) atoms. The highest BCUT2D eigenvalue weighted by molar-refractivity contribution is 7.91. The highest BCUT2D eigenvalue weighted by Gasteiger charge is 2.18. The van der Waals surface area contributed by atoms with Gasteiger partial charge in [0.05, 0.1) is 10.4 Å². The number of nitrogens with one attached hydrogen (secondary N) is 1. The number of carbonyl (C=O) groups excluding carboxylic acids is 3. The van der Waals surface area contributed by atoms with E-state index in [0.717, 1.165) is 22.3 Å². The quantitative estimate of drug-likeness (QED) is 0.490. The SMILES string of the molecule is CC(=O)NCCc1ccc(C(=O)COC(=O)c2csc(S(N)(=O)=O)c2)s1. The number of primary sulfonamides is 1. The van der Waals surface area contributed by atoms with E-state index in [2.05, 4.69) is 5.32 Å². The van der Waals surface area contributed by atoms with Gasteiger partial charge in [0.2, 0.25) is 21.7 Å². The molecule has 8 nitrogen and oxygen atoms in total. The number of hydrogen-bond donors (Lipinski definition) is 2. The average Bonchev–Trinajstić information content (AvgIpc) is 3.20. The van der Waals surface area contributed by atoms with Gasteiger partial charge >= 0.3 is 5.97 Å². The third kappa shape index (κ3) is 5.73. The molecule has 0 radical (unpaired) electrons. The molecule has 140 valence electrons. The lowest BCUT2D eigenvalue weighted by Crippen LogP contribution is -2.22. The van der Waals surface area contributed by atoms with Gasteiger partial charge in [0.15, 0.2) is 6.61 Å². The van der Waals surface area contributed by atoms with Gasteiger partial charge in [0.1, 0.15) is 4.21 Å². The molecule has 0 spiro atoms. The Bertz CT molecular complexity index is 929. The van der Waals surface area contributed by atoms with E-state index in [0.29, 0.717) is 17.8 Å². The molecule has 0 unspecified atom stereocenters. The number of carbonyl (C=O) groups is 3. The Balaban J connectivity index is 1.88. The number of ether oxygens (including phenoxy) is 1. The molecule has 0 saturated heterocycles. The normalized spacial score (nSPS) is 11.2. The summed E-state index contributed by atoms with van der Waals surface area (Å²) in [6.07, 6.45) is 0.600. The van der Waals surface area contributed by atoms with Gasteiger partial charge < -0.3 is 10.1 Å². The minimum Gasteiger partial charge on any atom is -0.454 e. The first-order chi connectivity index (χ1) is 12.2. The van der Waals surface area contributed by atoms with Crippen LogP contribution in [0.15, 0.2) is 27.8 Å². The van der Waals surface area contributed by atoms with Crippen LogP contribution in [0.5, 0.6) is 0 Å². The summed E-state index contributed by atoms with van der Waals surface area (Å²) in [7, 11) is -3.88. The molecule has 0 bridgehead atoms. The number of thiophene rings is 2. The second-order valence-corrected chi connectivity index (χ2v) is 9.07. The molecule has 0 aliphatic carbocycles. The molecule has 2 heterocycles. The van der Waals surface area contributed by atoms with Crippen molar-refractivity contribution < 1.29 is 27.5 Å². The number of hydrogen-bond acceptors (Lipinski definition) is 8. The predicted octanol–water partition coefficient (Wildman–Crippen LogP) is 1.18. The molecule has 0 aromatic carbocycles. The van der Waals surface area contributed by atoms with Crippen LogP contribution < -0.4 is 10.5 Å². The Morgan fingerprint density at radius 1 is 1.27 bits per heavy atom. The molecule has 0 aliphatic heterocycles. The van der Waals surface area contributed by atoms with Crippen molar-refractivity contribution in [3.63, 3.8) is 0 Å². The minimum absolute atomic E-state index is 0.0222. The Labute approximate surface area is 158 Å². The van der Waals surface area contributed by atoms with E-state index in [9.17, 15) is 22.8 Å². The minimum atomic E-state index is -3.88. The zero-order valence-corrected chi connectivity index (χ0v) is 16.1. The summed E-state index contributed by atoms with van der Waals surface area (Å²) in [5.74, 6) is -1.29. The molecule has 2 aromatic rings. The molecule has 3 N–H and O–H groups in total. The number of esters is 1. The van der Waals surface area contributed by atoms with Crippen molar-refractivity contribution in [1.29, 1.82) is 0 Å². The van der Waals surface area contributed by atoms with Gasteiger partial charge in [-0.15, -0.1) is 22.7 Å². The molecule has 2 rings (SSSR count). The van der Waals surface area contributed by atoms with Crippen LogP contribution >= 0.6 is 22.7 Å². The van der Waals surface area contributed by atoms with E-state index in [1.54, 1.807) is 12.1 Å². The van der Waals surface area contributed by atoms with E-state index in [1.165, 1.54) is 23.6 Å². The summed E-state index contributed by atoms with van der Waals surface area (Å²) in [6, 6.07) is 4.52. The van der Waals surface area contributed by atoms with Gasteiger partial charge in [-0.1, -0.05) is 0 Å². The lowest BCUT2D eigenvalue weighted by molar-refractivity contribution is -0.118. The number of Topliss-reactive ketones (excluding diaryl/α,β-unsaturated/α-hetero) is 1. The molecular formula is C15H16N2O6S3. The topological polar surface area (TPSA) is 133 Å². The number of ketones is 1. The molecule has 0 aliphatic rings. The first-order valence-corrected chi connectivity index (χ1v) is 10.6.